The van der Waals surface area contributed by atoms with Crippen LogP contribution in [0.15, 0.2) is 30.3 Å². The van der Waals surface area contributed by atoms with Gasteiger partial charge >= 0.3 is 0 Å². The van der Waals surface area contributed by atoms with E-state index in [0.29, 0.717) is 0 Å². The Labute approximate surface area is 86.7 Å². The van der Waals surface area contributed by atoms with Gasteiger partial charge in [0.25, 0.3) is 0 Å². The van der Waals surface area contributed by atoms with Crippen LogP contribution in [0.3, 0.4) is 0 Å². The average molecular weight is 189 g/mol. The van der Waals surface area contributed by atoms with Crippen LogP contribution in [-0.4, -0.2) is 25.0 Å². The average Bonchev–Trinajstić information content (AvgIpc) is 2.44. The van der Waals surface area contributed by atoms with Crippen molar-refractivity contribution in [2.75, 3.05) is 20.1 Å². The van der Waals surface area contributed by atoms with Crippen LogP contribution in [0.25, 0.3) is 0 Å². The quantitative estimate of drug-likeness (QED) is 0.656. The topological polar surface area (TPSA) is 3.24 Å². The molecule has 1 heteroatoms. The predicted octanol–water partition coefficient (Wildman–Crippen LogP) is 2.89. The molecule has 1 fully saturated rings. The van der Waals surface area contributed by atoms with Crippen LogP contribution < -0.4 is 0 Å². The molecule has 0 saturated carbocycles. The first kappa shape index (κ1) is 9.72. The lowest BCUT2D eigenvalue weighted by Gasteiger charge is -2.14. The van der Waals surface area contributed by atoms with Gasteiger partial charge in [0.15, 0.2) is 0 Å². The third-order valence-electron chi connectivity index (χ3n) is 3.22. The Hall–Kier alpha value is -0.820. The van der Waals surface area contributed by atoms with Gasteiger partial charge in [-0.25, -0.2) is 0 Å². The van der Waals surface area contributed by atoms with E-state index in [9.17, 15) is 0 Å². The van der Waals surface area contributed by atoms with Gasteiger partial charge in [0.2, 0.25) is 0 Å². The van der Waals surface area contributed by atoms with E-state index in [1.54, 1.807) is 0 Å². The molecule has 0 radical (unpaired) electrons. The van der Waals surface area contributed by atoms with Gasteiger partial charge in [-0.3, -0.25) is 0 Å². The normalized spacial score (nSPS) is 24.5. The summed E-state index contributed by atoms with van der Waals surface area (Å²) in [7, 11) is 2.23. The molecule has 1 aliphatic heterocycles. The van der Waals surface area contributed by atoms with Crippen molar-refractivity contribution < 1.29 is 0 Å². The summed E-state index contributed by atoms with van der Waals surface area (Å²) in [5, 5.41) is 0. The molecular weight excluding hydrogens is 170 g/mol. The highest BCUT2D eigenvalue weighted by Crippen LogP contribution is 2.27. The number of likely N-dealkylation sites (tertiary alicyclic amines) is 1. The number of nitrogens with zero attached hydrogens (tertiary/aromatic N) is 1. The van der Waals surface area contributed by atoms with E-state index in [0.717, 1.165) is 5.92 Å². The Morgan fingerprint density at radius 2 is 1.86 bits per heavy atom. The van der Waals surface area contributed by atoms with Gasteiger partial charge in [-0.05, 0) is 50.9 Å². The summed E-state index contributed by atoms with van der Waals surface area (Å²) in [4.78, 5) is 2.45. The molecule has 1 saturated heterocycles. The van der Waals surface area contributed by atoms with E-state index in [-0.39, 0.29) is 0 Å². The second kappa shape index (κ2) is 4.61. The number of benzene rings is 1. The van der Waals surface area contributed by atoms with Gasteiger partial charge in [0, 0.05) is 0 Å². The fourth-order valence-electron chi connectivity index (χ4n) is 2.30. The van der Waals surface area contributed by atoms with Crippen molar-refractivity contribution in [3.63, 3.8) is 0 Å². The highest BCUT2D eigenvalue weighted by Gasteiger charge is 2.15. The molecule has 0 bridgehead atoms. The van der Waals surface area contributed by atoms with Gasteiger partial charge in [-0.15, -0.1) is 0 Å². The molecule has 1 aromatic carbocycles. The Morgan fingerprint density at radius 1 is 1.07 bits per heavy atom. The van der Waals surface area contributed by atoms with Gasteiger partial charge in [-0.2, -0.15) is 0 Å². The Morgan fingerprint density at radius 3 is 2.64 bits per heavy atom. The Balaban J connectivity index is 2.04. The maximum absolute atomic E-state index is 2.45. The standard InChI is InChI=1S/C13H19N/c1-14-10-5-8-13(9-11-14)12-6-3-2-4-7-12/h2-4,6-7,13H,5,8-11H2,1H3. The zero-order chi connectivity index (χ0) is 9.80. The van der Waals surface area contributed by atoms with E-state index in [1.807, 2.05) is 0 Å². The lowest BCUT2D eigenvalue weighted by Crippen LogP contribution is -2.18. The van der Waals surface area contributed by atoms with Crippen molar-refractivity contribution in [1.82, 2.24) is 4.90 Å². The highest BCUT2D eigenvalue weighted by atomic mass is 15.1. The smallest absolute Gasteiger partial charge is 0.00160 e. The largest absolute Gasteiger partial charge is 0.306 e. The van der Waals surface area contributed by atoms with E-state index < -0.39 is 0 Å². The van der Waals surface area contributed by atoms with Crippen LogP contribution in [0.4, 0.5) is 0 Å². The molecular formula is C13H19N. The summed E-state index contributed by atoms with van der Waals surface area (Å²) >= 11 is 0. The zero-order valence-corrected chi connectivity index (χ0v) is 8.95. The highest BCUT2D eigenvalue weighted by molar-refractivity contribution is 5.19. The van der Waals surface area contributed by atoms with Crippen LogP contribution >= 0.6 is 0 Å². The first-order chi connectivity index (χ1) is 6.86. The Bertz CT molecular complexity index is 268. The minimum atomic E-state index is 0.793. The summed E-state index contributed by atoms with van der Waals surface area (Å²) in [6.45, 7) is 2.52. The van der Waals surface area contributed by atoms with E-state index >= 15 is 0 Å². The molecule has 1 aromatic rings. The van der Waals surface area contributed by atoms with E-state index in [1.165, 1.54) is 37.9 Å². The fraction of sp³-hybridized carbons (Fsp3) is 0.538. The molecule has 0 amide bonds. The molecule has 0 aliphatic carbocycles. The first-order valence-corrected chi connectivity index (χ1v) is 5.60. The summed E-state index contributed by atoms with van der Waals surface area (Å²) in [5.74, 6) is 0.793. The molecule has 0 spiro atoms. The number of rotatable bonds is 1. The molecule has 2 rings (SSSR count). The monoisotopic (exact) mass is 189 g/mol. The van der Waals surface area contributed by atoms with Crippen LogP contribution in [0.2, 0.25) is 0 Å². The van der Waals surface area contributed by atoms with Crippen molar-refractivity contribution in [1.29, 1.82) is 0 Å². The Kier molecular flexibility index (Phi) is 3.20. The van der Waals surface area contributed by atoms with Crippen molar-refractivity contribution in [2.24, 2.45) is 0 Å². The zero-order valence-electron chi connectivity index (χ0n) is 8.95. The van der Waals surface area contributed by atoms with Crippen LogP contribution in [0, 0.1) is 0 Å². The van der Waals surface area contributed by atoms with Crippen LogP contribution in [0.1, 0.15) is 30.7 Å². The molecule has 1 aliphatic rings. The number of hydrogen-bond acceptors (Lipinski definition) is 1. The second-order valence-electron chi connectivity index (χ2n) is 4.34. The van der Waals surface area contributed by atoms with Gasteiger partial charge in [0.05, 0.1) is 0 Å². The molecule has 1 unspecified atom stereocenters. The van der Waals surface area contributed by atoms with Gasteiger partial charge in [-0.1, -0.05) is 30.3 Å². The van der Waals surface area contributed by atoms with Gasteiger partial charge < -0.3 is 4.90 Å². The number of hydrogen-bond donors (Lipinski definition) is 0. The van der Waals surface area contributed by atoms with Crippen molar-refractivity contribution in [3.8, 4) is 0 Å². The summed E-state index contributed by atoms with van der Waals surface area (Å²) in [6, 6.07) is 11.0. The first-order valence-electron chi connectivity index (χ1n) is 5.60. The van der Waals surface area contributed by atoms with Crippen LogP contribution in [-0.2, 0) is 0 Å². The molecule has 1 heterocycles. The van der Waals surface area contributed by atoms with Crippen molar-refractivity contribution >= 4 is 0 Å². The SMILES string of the molecule is CN1CCCC(c2ccccc2)CC1. The maximum Gasteiger partial charge on any atom is -0.00160 e. The minimum absolute atomic E-state index is 0.793. The third-order valence-corrected chi connectivity index (χ3v) is 3.22. The summed E-state index contributed by atoms with van der Waals surface area (Å²) < 4.78 is 0. The second-order valence-corrected chi connectivity index (χ2v) is 4.34. The summed E-state index contributed by atoms with van der Waals surface area (Å²) in [6.07, 6.45) is 4.02. The maximum atomic E-state index is 2.45. The lowest BCUT2D eigenvalue weighted by atomic mass is 9.92. The van der Waals surface area contributed by atoms with Crippen LogP contribution in [0.5, 0.6) is 0 Å². The predicted molar refractivity (Wildman–Crippen MR) is 60.5 cm³/mol. The molecule has 14 heavy (non-hydrogen) atoms. The minimum Gasteiger partial charge on any atom is -0.306 e. The third kappa shape index (κ3) is 2.36. The molecule has 1 nitrogen and oxygen atoms in total. The molecule has 1 atom stereocenters. The summed E-state index contributed by atoms with van der Waals surface area (Å²) in [5.41, 5.74) is 1.53. The fourth-order valence-corrected chi connectivity index (χ4v) is 2.30. The molecule has 0 aromatic heterocycles. The lowest BCUT2D eigenvalue weighted by molar-refractivity contribution is 0.347. The van der Waals surface area contributed by atoms with E-state index in [4.69, 9.17) is 0 Å². The van der Waals surface area contributed by atoms with Crippen molar-refractivity contribution in [2.45, 2.75) is 25.2 Å². The molecule has 76 valence electrons. The van der Waals surface area contributed by atoms with E-state index in [2.05, 4.69) is 42.3 Å². The molecule has 0 N–H and O–H groups in total. The van der Waals surface area contributed by atoms with Crippen molar-refractivity contribution in [3.05, 3.63) is 35.9 Å². The van der Waals surface area contributed by atoms with Gasteiger partial charge in [0.1, 0.15) is 0 Å².